The van der Waals surface area contributed by atoms with Crippen LogP contribution in [0.4, 0.5) is 0 Å². The molecule has 0 saturated carbocycles. The third kappa shape index (κ3) is 4.96. The lowest BCUT2D eigenvalue weighted by Gasteiger charge is -2.15. The summed E-state index contributed by atoms with van der Waals surface area (Å²) in [5.74, 6) is 3.49. The van der Waals surface area contributed by atoms with E-state index >= 15 is 0 Å². The number of para-hydroxylation sites is 1. The van der Waals surface area contributed by atoms with Crippen LogP contribution in [0.15, 0.2) is 53.5 Å². The molecule has 0 aliphatic heterocycles. The molecular formula is C24H27N7O2S. The van der Waals surface area contributed by atoms with Crippen LogP contribution in [0, 0.1) is 13.8 Å². The third-order valence-corrected chi connectivity index (χ3v) is 5.78. The highest BCUT2D eigenvalue weighted by Crippen LogP contribution is 2.34. The lowest BCUT2D eigenvalue weighted by molar-refractivity contribution is 0.390. The molecule has 0 fully saturated rings. The number of nitrogens with zero attached hydrogens (tertiary/aromatic N) is 7. The summed E-state index contributed by atoms with van der Waals surface area (Å²) >= 11 is 1.43. The van der Waals surface area contributed by atoms with E-state index in [0.29, 0.717) is 29.4 Å². The van der Waals surface area contributed by atoms with Gasteiger partial charge in [-0.3, -0.25) is 9.55 Å². The Hall–Kier alpha value is -3.66. The maximum absolute atomic E-state index is 5.70. The molecule has 0 bridgehead atoms. The van der Waals surface area contributed by atoms with Gasteiger partial charge in [0.25, 0.3) is 0 Å². The molecule has 10 heteroatoms. The lowest BCUT2D eigenvalue weighted by atomic mass is 10.2. The monoisotopic (exact) mass is 477 g/mol. The minimum atomic E-state index is 0.633. The number of benzene rings is 1. The summed E-state index contributed by atoms with van der Waals surface area (Å²) in [6, 6.07) is 7.71. The summed E-state index contributed by atoms with van der Waals surface area (Å²) in [5, 5.41) is 4.79. The highest BCUT2D eigenvalue weighted by molar-refractivity contribution is 7.97. The van der Waals surface area contributed by atoms with Crippen molar-refractivity contribution in [3.8, 4) is 28.6 Å². The summed E-state index contributed by atoms with van der Waals surface area (Å²) in [5.41, 5.74) is 4.30. The van der Waals surface area contributed by atoms with E-state index in [2.05, 4.69) is 15.0 Å². The number of hydrogen-bond acceptors (Lipinski definition) is 8. The summed E-state index contributed by atoms with van der Waals surface area (Å²) in [7, 11) is 5.14. The third-order valence-electron chi connectivity index (χ3n) is 5.10. The van der Waals surface area contributed by atoms with Gasteiger partial charge in [0.2, 0.25) is 5.62 Å². The SMILES string of the molecule is COc1cccc(OC)c1-n1c(-c2cncc(C)c2)nn(C)/c1=N\SCCc1ncc(C)cn1. The zero-order valence-electron chi connectivity index (χ0n) is 19.9. The predicted molar refractivity (Wildman–Crippen MR) is 132 cm³/mol. The van der Waals surface area contributed by atoms with Gasteiger partial charge in [-0.05, 0) is 55.1 Å². The first kappa shape index (κ1) is 23.5. The molecule has 0 spiro atoms. The van der Waals surface area contributed by atoms with Crippen molar-refractivity contribution in [1.82, 2.24) is 29.3 Å². The number of hydrogen-bond donors (Lipinski definition) is 0. The van der Waals surface area contributed by atoms with E-state index in [-0.39, 0.29) is 0 Å². The molecule has 176 valence electrons. The van der Waals surface area contributed by atoms with E-state index in [0.717, 1.165) is 34.0 Å². The number of aryl methyl sites for hydroxylation is 4. The van der Waals surface area contributed by atoms with Gasteiger partial charge in [-0.15, -0.1) is 0 Å². The largest absolute Gasteiger partial charge is 0.494 e. The zero-order chi connectivity index (χ0) is 24.1. The quantitative estimate of drug-likeness (QED) is 0.283. The second-order valence-electron chi connectivity index (χ2n) is 7.70. The molecule has 0 amide bonds. The summed E-state index contributed by atoms with van der Waals surface area (Å²) < 4.78 is 19.9. The van der Waals surface area contributed by atoms with Gasteiger partial charge in [0.15, 0.2) is 5.82 Å². The van der Waals surface area contributed by atoms with Crippen molar-refractivity contribution in [3.63, 3.8) is 0 Å². The van der Waals surface area contributed by atoms with Crippen LogP contribution < -0.4 is 15.1 Å². The van der Waals surface area contributed by atoms with Gasteiger partial charge in [-0.2, -0.15) is 9.50 Å². The van der Waals surface area contributed by atoms with E-state index in [1.54, 1.807) is 25.1 Å². The molecule has 0 unspecified atom stereocenters. The zero-order valence-corrected chi connectivity index (χ0v) is 20.7. The Balaban J connectivity index is 1.81. The summed E-state index contributed by atoms with van der Waals surface area (Å²) in [6.45, 7) is 3.98. The molecule has 0 atom stereocenters. The average molecular weight is 478 g/mol. The van der Waals surface area contributed by atoms with Gasteiger partial charge >= 0.3 is 0 Å². The highest BCUT2D eigenvalue weighted by atomic mass is 32.2. The van der Waals surface area contributed by atoms with Crippen molar-refractivity contribution in [1.29, 1.82) is 0 Å². The number of ether oxygens (including phenoxy) is 2. The number of rotatable bonds is 8. The van der Waals surface area contributed by atoms with Crippen LogP contribution in [0.1, 0.15) is 17.0 Å². The minimum Gasteiger partial charge on any atom is -0.494 e. The fourth-order valence-corrected chi connectivity index (χ4v) is 4.16. The molecule has 0 aliphatic carbocycles. The Labute approximate surface area is 202 Å². The average Bonchev–Trinajstić information content (AvgIpc) is 3.18. The highest BCUT2D eigenvalue weighted by Gasteiger charge is 2.21. The molecule has 9 nitrogen and oxygen atoms in total. The summed E-state index contributed by atoms with van der Waals surface area (Å²) in [6.07, 6.45) is 7.97. The van der Waals surface area contributed by atoms with Gasteiger partial charge in [0.1, 0.15) is 23.0 Å². The second kappa shape index (κ2) is 10.5. The number of pyridine rings is 1. The Kier molecular flexibility index (Phi) is 7.27. The first-order valence-corrected chi connectivity index (χ1v) is 11.7. The Bertz CT molecular complexity index is 1320. The maximum atomic E-state index is 5.70. The minimum absolute atomic E-state index is 0.633. The van der Waals surface area contributed by atoms with Crippen molar-refractivity contribution >= 4 is 11.9 Å². The van der Waals surface area contributed by atoms with E-state index in [4.69, 9.17) is 19.0 Å². The molecule has 34 heavy (non-hydrogen) atoms. The van der Waals surface area contributed by atoms with Crippen LogP contribution in [0.2, 0.25) is 0 Å². The topological polar surface area (TPSA) is 92.2 Å². The van der Waals surface area contributed by atoms with E-state index in [1.807, 2.05) is 68.3 Å². The van der Waals surface area contributed by atoms with E-state index < -0.39 is 0 Å². The van der Waals surface area contributed by atoms with Crippen molar-refractivity contribution in [3.05, 3.63) is 71.6 Å². The van der Waals surface area contributed by atoms with Crippen LogP contribution in [0.5, 0.6) is 11.5 Å². The van der Waals surface area contributed by atoms with Crippen molar-refractivity contribution < 1.29 is 9.47 Å². The van der Waals surface area contributed by atoms with Gasteiger partial charge in [0, 0.05) is 49.6 Å². The Morgan fingerprint density at radius 2 is 1.68 bits per heavy atom. The molecule has 0 saturated heterocycles. The Morgan fingerprint density at radius 1 is 0.971 bits per heavy atom. The Morgan fingerprint density at radius 3 is 2.32 bits per heavy atom. The molecule has 0 aliphatic rings. The van der Waals surface area contributed by atoms with Crippen molar-refractivity contribution in [2.24, 2.45) is 11.4 Å². The molecule has 1 aromatic carbocycles. The normalized spacial score (nSPS) is 11.6. The van der Waals surface area contributed by atoms with Crippen LogP contribution in [-0.2, 0) is 13.5 Å². The lowest BCUT2D eigenvalue weighted by Crippen LogP contribution is -2.24. The fourth-order valence-electron chi connectivity index (χ4n) is 3.48. The van der Waals surface area contributed by atoms with Gasteiger partial charge < -0.3 is 9.47 Å². The van der Waals surface area contributed by atoms with Gasteiger partial charge in [-0.1, -0.05) is 6.07 Å². The number of aromatic nitrogens is 6. The van der Waals surface area contributed by atoms with E-state index in [9.17, 15) is 0 Å². The predicted octanol–water partition coefficient (Wildman–Crippen LogP) is 3.49. The van der Waals surface area contributed by atoms with Crippen molar-refractivity contribution in [2.45, 2.75) is 20.3 Å². The first-order chi connectivity index (χ1) is 16.5. The molecular weight excluding hydrogens is 450 g/mol. The van der Waals surface area contributed by atoms with Crippen LogP contribution in [-0.4, -0.2) is 49.3 Å². The van der Waals surface area contributed by atoms with Crippen LogP contribution in [0.25, 0.3) is 17.1 Å². The second-order valence-corrected chi connectivity index (χ2v) is 8.54. The smallest absolute Gasteiger partial charge is 0.239 e. The van der Waals surface area contributed by atoms with E-state index in [1.165, 1.54) is 11.9 Å². The number of methoxy groups -OCH3 is 2. The van der Waals surface area contributed by atoms with Gasteiger partial charge in [-0.25, -0.2) is 14.6 Å². The maximum Gasteiger partial charge on any atom is 0.239 e. The van der Waals surface area contributed by atoms with Crippen LogP contribution >= 0.6 is 11.9 Å². The van der Waals surface area contributed by atoms with Crippen LogP contribution in [0.3, 0.4) is 0 Å². The summed E-state index contributed by atoms with van der Waals surface area (Å²) in [4.78, 5) is 13.1. The molecule has 0 radical (unpaired) electrons. The molecule has 3 heterocycles. The molecule has 4 aromatic rings. The standard InChI is InChI=1S/C24H27N7O2S/c1-16-11-18(15-25-12-16)23-28-30(3)24(29-34-10-9-21-26-13-17(2)14-27-21)31(23)22-19(32-4)7-6-8-20(22)33-5/h6-8,11-15H,9-10H2,1-5H3/b29-24+. The van der Waals surface area contributed by atoms with Crippen molar-refractivity contribution in [2.75, 3.05) is 20.0 Å². The fraction of sp³-hybridized carbons (Fsp3) is 0.292. The molecule has 4 rings (SSSR count). The molecule has 3 aromatic heterocycles. The van der Waals surface area contributed by atoms with Gasteiger partial charge in [0.05, 0.1) is 14.2 Å². The first-order valence-electron chi connectivity index (χ1n) is 10.7. The molecule has 0 N–H and O–H groups in total.